The minimum absolute atomic E-state index is 0.00240. The molecule has 10 heteroatoms. The van der Waals surface area contributed by atoms with Gasteiger partial charge in [-0.05, 0) is 66.1 Å². The van der Waals surface area contributed by atoms with Crippen molar-refractivity contribution in [1.29, 1.82) is 0 Å². The predicted octanol–water partition coefficient (Wildman–Crippen LogP) is 5.49. The van der Waals surface area contributed by atoms with Gasteiger partial charge in [-0.2, -0.15) is 0 Å². The van der Waals surface area contributed by atoms with Crippen molar-refractivity contribution < 1.29 is 24.0 Å². The van der Waals surface area contributed by atoms with Crippen molar-refractivity contribution in [2.45, 2.75) is 68.5 Å². The molecule has 58 heavy (non-hydrogen) atoms. The van der Waals surface area contributed by atoms with E-state index in [1.807, 2.05) is 54.6 Å². The molecule has 10 nitrogen and oxygen atoms in total. The number of hydrogen-bond donors (Lipinski definition) is 3. The van der Waals surface area contributed by atoms with Crippen LogP contribution in [-0.4, -0.2) is 83.6 Å². The molecule has 2 heterocycles. The summed E-state index contributed by atoms with van der Waals surface area (Å²) in [5, 5.41) is 9.63. The van der Waals surface area contributed by atoms with Gasteiger partial charge in [0.25, 0.3) is 11.8 Å². The molecule has 5 fully saturated rings. The zero-order chi connectivity index (χ0) is 39.9. The van der Waals surface area contributed by atoms with Crippen LogP contribution < -0.4 is 16.0 Å². The minimum Gasteiger partial charge on any atom is -0.352 e. The molecule has 0 radical (unpaired) electrons. The summed E-state index contributed by atoms with van der Waals surface area (Å²) in [6.07, 6.45) is 3.40. The van der Waals surface area contributed by atoms with Crippen LogP contribution in [0.25, 0.3) is 0 Å². The number of benzene rings is 4. The van der Waals surface area contributed by atoms with Crippen molar-refractivity contribution in [2.24, 2.45) is 23.7 Å². The summed E-state index contributed by atoms with van der Waals surface area (Å²) in [7, 11) is 0. The summed E-state index contributed by atoms with van der Waals surface area (Å²) in [4.78, 5) is 72.3. The van der Waals surface area contributed by atoms with E-state index in [1.54, 1.807) is 34.1 Å². The van der Waals surface area contributed by atoms with Gasteiger partial charge in [0.15, 0.2) is 0 Å². The van der Waals surface area contributed by atoms with Crippen LogP contribution in [0.15, 0.2) is 115 Å². The van der Waals surface area contributed by atoms with Gasteiger partial charge in [-0.25, -0.2) is 0 Å². The molecule has 2 unspecified atom stereocenters. The van der Waals surface area contributed by atoms with Gasteiger partial charge in [0.1, 0.15) is 0 Å². The fourth-order valence-electron chi connectivity index (χ4n) is 9.51. The van der Waals surface area contributed by atoms with Gasteiger partial charge in [-0.3, -0.25) is 24.0 Å². The Morgan fingerprint density at radius 2 is 0.793 bits per heavy atom. The molecule has 0 spiro atoms. The highest BCUT2D eigenvalue weighted by atomic mass is 16.2. The normalized spacial score (nSPS) is 29.3. The molecular formula is C48H51N5O5. The van der Waals surface area contributed by atoms with E-state index in [0.717, 1.165) is 25.7 Å². The zero-order valence-corrected chi connectivity index (χ0v) is 32.8. The standard InChI is InChI=1S/C48H51N5O5/c1-2-29-25-52(26-38(29)44(54)49-41-22-35(41)30-12-6-3-7-13-30)47(57)33-18-20-34(21-19-33)48(58)53-27-39(45(55)50-42-23-36(42)31-14-8-4-9-15-31)40(28-53)46(56)51-43-24-37(43)32-16-10-5-11-17-32/h3-21,29,35-43H,2,22-28H2,1H3,(H,49,54)(H,50,55)(H,51,56)/t29?,35-,36-,37-,38?,39-,40-,41+,42+,43+/m1/s1. The summed E-state index contributed by atoms with van der Waals surface area (Å²) < 4.78 is 0. The highest BCUT2D eigenvalue weighted by molar-refractivity contribution is 5.99. The molecule has 2 saturated heterocycles. The van der Waals surface area contributed by atoms with Crippen LogP contribution in [0.3, 0.4) is 0 Å². The van der Waals surface area contributed by atoms with E-state index in [0.29, 0.717) is 30.1 Å². The summed E-state index contributed by atoms with van der Waals surface area (Å²) >= 11 is 0. The van der Waals surface area contributed by atoms with Crippen molar-refractivity contribution in [3.63, 3.8) is 0 Å². The second-order valence-corrected chi connectivity index (χ2v) is 17.1. The van der Waals surface area contributed by atoms with Crippen LogP contribution in [-0.2, 0) is 14.4 Å². The van der Waals surface area contributed by atoms with Crippen LogP contribution >= 0.6 is 0 Å². The number of carbonyl (C=O) groups is 5. The van der Waals surface area contributed by atoms with Gasteiger partial charge in [0.2, 0.25) is 17.7 Å². The van der Waals surface area contributed by atoms with Crippen molar-refractivity contribution in [2.75, 3.05) is 26.2 Å². The van der Waals surface area contributed by atoms with Crippen LogP contribution in [0.2, 0.25) is 0 Å². The van der Waals surface area contributed by atoms with Crippen molar-refractivity contribution in [3.05, 3.63) is 143 Å². The second kappa shape index (κ2) is 15.9. The lowest BCUT2D eigenvalue weighted by molar-refractivity contribution is -0.133. The van der Waals surface area contributed by atoms with E-state index in [1.165, 1.54) is 16.7 Å². The third-order valence-corrected chi connectivity index (χ3v) is 13.3. The highest BCUT2D eigenvalue weighted by Gasteiger charge is 2.49. The molecule has 4 aromatic rings. The first-order valence-electron chi connectivity index (χ1n) is 21.0. The Labute approximate surface area is 339 Å². The molecule has 298 valence electrons. The number of nitrogens with one attached hydrogen (secondary N) is 3. The van der Waals surface area contributed by atoms with E-state index in [-0.39, 0.29) is 84.4 Å². The monoisotopic (exact) mass is 777 g/mol. The highest BCUT2D eigenvalue weighted by Crippen LogP contribution is 2.43. The average molecular weight is 778 g/mol. The molecule has 3 N–H and O–H groups in total. The van der Waals surface area contributed by atoms with Crippen LogP contribution in [0.5, 0.6) is 0 Å². The lowest BCUT2D eigenvalue weighted by Crippen LogP contribution is -2.43. The molecule has 5 amide bonds. The maximum atomic E-state index is 14.0. The lowest BCUT2D eigenvalue weighted by atomic mass is 9.93. The zero-order valence-electron chi connectivity index (χ0n) is 32.8. The van der Waals surface area contributed by atoms with E-state index in [4.69, 9.17) is 0 Å². The van der Waals surface area contributed by atoms with Gasteiger partial charge in [-0.15, -0.1) is 0 Å². The van der Waals surface area contributed by atoms with Crippen molar-refractivity contribution >= 4 is 29.5 Å². The van der Waals surface area contributed by atoms with E-state index < -0.39 is 11.8 Å². The molecular weight excluding hydrogens is 727 g/mol. The second-order valence-electron chi connectivity index (χ2n) is 17.1. The first-order valence-corrected chi connectivity index (χ1v) is 21.0. The molecule has 9 rings (SSSR count). The van der Waals surface area contributed by atoms with Crippen LogP contribution in [0.4, 0.5) is 0 Å². The molecule has 0 aromatic heterocycles. The molecule has 3 saturated carbocycles. The predicted molar refractivity (Wildman–Crippen MR) is 220 cm³/mol. The summed E-state index contributed by atoms with van der Waals surface area (Å²) in [6.45, 7) is 3.17. The van der Waals surface area contributed by atoms with Gasteiger partial charge in [-0.1, -0.05) is 104 Å². The SMILES string of the molecule is CCC1CN(C(=O)c2ccc(C(=O)N3C[C@@H](C(=O)N[C@H]4C[C@@H]4c4ccccc4)[C@H](C(=O)N[C@H]4C[C@@H]4c4ccccc4)C3)cc2)CC1C(=O)N[C@H]1C[C@@H]1c1ccccc1. The number of carbonyl (C=O) groups excluding carboxylic acids is 5. The molecule has 3 aliphatic carbocycles. The Hall–Kier alpha value is -5.77. The number of amides is 5. The fraction of sp³-hybridized carbons (Fsp3) is 0.396. The third kappa shape index (κ3) is 7.89. The summed E-state index contributed by atoms with van der Waals surface area (Å²) in [5.41, 5.74) is 4.43. The number of rotatable bonds is 12. The Bertz CT molecular complexity index is 2090. The molecule has 4 aromatic carbocycles. The minimum atomic E-state index is -0.688. The first-order chi connectivity index (χ1) is 28.2. The number of likely N-dealkylation sites (tertiary alicyclic amines) is 2. The van der Waals surface area contributed by atoms with Gasteiger partial charge >= 0.3 is 0 Å². The Balaban J connectivity index is 0.834. The Morgan fingerprint density at radius 1 is 0.466 bits per heavy atom. The largest absolute Gasteiger partial charge is 0.352 e. The lowest BCUT2D eigenvalue weighted by Gasteiger charge is -2.18. The summed E-state index contributed by atoms with van der Waals surface area (Å²) in [5.74, 6) is -1.61. The third-order valence-electron chi connectivity index (χ3n) is 13.3. The first kappa shape index (κ1) is 37.8. The average Bonchev–Trinajstić information content (AvgIpc) is 4.23. The maximum absolute atomic E-state index is 14.0. The smallest absolute Gasteiger partial charge is 0.253 e. The van der Waals surface area contributed by atoms with Crippen molar-refractivity contribution in [3.8, 4) is 0 Å². The quantitative estimate of drug-likeness (QED) is 0.176. The van der Waals surface area contributed by atoms with Gasteiger partial charge in [0.05, 0.1) is 17.8 Å². The van der Waals surface area contributed by atoms with E-state index >= 15 is 0 Å². The van der Waals surface area contributed by atoms with Gasteiger partial charge < -0.3 is 25.8 Å². The van der Waals surface area contributed by atoms with E-state index in [9.17, 15) is 24.0 Å². The van der Waals surface area contributed by atoms with E-state index in [2.05, 4.69) is 59.3 Å². The van der Waals surface area contributed by atoms with Crippen molar-refractivity contribution in [1.82, 2.24) is 25.8 Å². The molecule has 5 aliphatic rings. The number of nitrogens with zero attached hydrogens (tertiary/aromatic N) is 2. The summed E-state index contributed by atoms with van der Waals surface area (Å²) in [6, 6.07) is 37.2. The Morgan fingerprint density at radius 3 is 1.16 bits per heavy atom. The van der Waals surface area contributed by atoms with Crippen LogP contribution in [0.1, 0.15) is 87.8 Å². The molecule has 10 atom stereocenters. The van der Waals surface area contributed by atoms with Crippen LogP contribution in [0, 0.1) is 23.7 Å². The van der Waals surface area contributed by atoms with Gasteiger partial charge in [0, 0.05) is 73.2 Å². The fourth-order valence-corrected chi connectivity index (χ4v) is 9.51. The molecule has 2 aliphatic heterocycles. The Kier molecular flexibility index (Phi) is 10.3. The number of hydrogen-bond acceptors (Lipinski definition) is 5. The topological polar surface area (TPSA) is 128 Å². The molecule has 0 bridgehead atoms. The maximum Gasteiger partial charge on any atom is 0.253 e.